The fraction of sp³-hybridized carbons (Fsp3) is 0.250. The third-order valence-electron chi connectivity index (χ3n) is 1.60. The molecule has 14 heavy (non-hydrogen) atoms. The number of hydrogen-bond acceptors (Lipinski definition) is 2. The summed E-state index contributed by atoms with van der Waals surface area (Å²) in [7, 11) is 0. The van der Waals surface area contributed by atoms with Gasteiger partial charge in [-0.15, -0.1) is 0 Å². The van der Waals surface area contributed by atoms with Crippen molar-refractivity contribution < 1.29 is 17.6 Å². The zero-order valence-corrected chi connectivity index (χ0v) is 6.90. The summed E-state index contributed by atoms with van der Waals surface area (Å²) >= 11 is 0. The molecule has 0 radical (unpaired) electrons. The van der Waals surface area contributed by atoms with E-state index >= 15 is 0 Å². The summed E-state index contributed by atoms with van der Waals surface area (Å²) in [6, 6.07) is 2.49. The van der Waals surface area contributed by atoms with Crippen LogP contribution in [0.25, 0.3) is 0 Å². The Hall–Kier alpha value is -1.46. The minimum Gasteiger partial charge on any atom is -0.210 e. The van der Waals surface area contributed by atoms with Crippen LogP contribution >= 0.6 is 0 Å². The molecule has 1 rings (SSSR count). The van der Waals surface area contributed by atoms with E-state index in [1.54, 1.807) is 0 Å². The molecule has 1 N–H and O–H groups in total. The van der Waals surface area contributed by atoms with Gasteiger partial charge < -0.3 is 0 Å². The van der Waals surface area contributed by atoms with Gasteiger partial charge in [-0.25, -0.2) is 9.92 Å². The van der Waals surface area contributed by atoms with Crippen molar-refractivity contribution in [2.24, 2.45) is 5.11 Å². The topological polar surface area (TPSA) is 36.2 Å². The van der Waals surface area contributed by atoms with Gasteiger partial charge in [0.25, 0.3) is 0 Å². The van der Waals surface area contributed by atoms with E-state index in [0.29, 0.717) is 6.07 Å². The van der Waals surface area contributed by atoms with E-state index in [0.717, 1.165) is 12.1 Å². The Balaban J connectivity index is 3.07. The van der Waals surface area contributed by atoms with E-state index in [1.165, 1.54) is 0 Å². The fourth-order valence-corrected chi connectivity index (χ4v) is 0.978. The normalized spacial score (nSPS) is 11.4. The van der Waals surface area contributed by atoms with Gasteiger partial charge in [0.2, 0.25) is 0 Å². The lowest BCUT2D eigenvalue weighted by molar-refractivity contribution is -0.140. The molecule has 0 unspecified atom stereocenters. The molecule has 0 atom stereocenters. The standard InChI is InChI=1S/C8H6F4N2/c9-7-3-5(4-14-13)1-2-6(7)8(10,11)12/h1-3,13H,4H2. The van der Waals surface area contributed by atoms with Crippen LogP contribution in [-0.2, 0) is 12.7 Å². The first-order valence-electron chi connectivity index (χ1n) is 3.64. The minimum absolute atomic E-state index is 0.116. The highest BCUT2D eigenvalue weighted by molar-refractivity contribution is 5.26. The second kappa shape index (κ2) is 3.73. The summed E-state index contributed by atoms with van der Waals surface area (Å²) < 4.78 is 49.0. The third-order valence-corrected chi connectivity index (χ3v) is 1.60. The Bertz CT molecular complexity index is 346. The molecule has 0 bridgehead atoms. The molecule has 0 spiro atoms. The molecule has 6 heteroatoms. The van der Waals surface area contributed by atoms with Gasteiger partial charge in [0.05, 0.1) is 12.1 Å². The van der Waals surface area contributed by atoms with E-state index in [2.05, 4.69) is 5.11 Å². The van der Waals surface area contributed by atoms with Crippen molar-refractivity contribution >= 4 is 0 Å². The predicted molar refractivity (Wildman–Crippen MR) is 40.3 cm³/mol. The van der Waals surface area contributed by atoms with E-state index in [4.69, 9.17) is 5.53 Å². The van der Waals surface area contributed by atoms with Gasteiger partial charge in [-0.1, -0.05) is 6.07 Å². The molecule has 76 valence electrons. The first-order chi connectivity index (χ1) is 6.45. The number of nitrogens with one attached hydrogen (secondary N) is 1. The Morgan fingerprint density at radius 1 is 1.29 bits per heavy atom. The highest BCUT2D eigenvalue weighted by atomic mass is 19.4. The van der Waals surface area contributed by atoms with Crippen LogP contribution in [0.5, 0.6) is 0 Å². The van der Waals surface area contributed by atoms with Gasteiger partial charge in [-0.3, -0.25) is 0 Å². The van der Waals surface area contributed by atoms with Gasteiger partial charge in [0.15, 0.2) is 0 Å². The summed E-state index contributed by atoms with van der Waals surface area (Å²) in [6.45, 7) is -0.116. The Morgan fingerprint density at radius 3 is 2.36 bits per heavy atom. The monoisotopic (exact) mass is 206 g/mol. The number of rotatable bonds is 2. The molecule has 0 aliphatic rings. The van der Waals surface area contributed by atoms with E-state index < -0.39 is 17.6 Å². The molecule has 1 aromatic rings. The summed E-state index contributed by atoms with van der Waals surface area (Å²) in [5, 5.41) is 2.94. The Morgan fingerprint density at radius 2 is 1.93 bits per heavy atom. The van der Waals surface area contributed by atoms with Crippen molar-refractivity contribution in [3.05, 3.63) is 35.1 Å². The second-order valence-electron chi connectivity index (χ2n) is 2.63. The molecule has 0 amide bonds. The summed E-state index contributed by atoms with van der Waals surface area (Å²) in [6.07, 6.45) is -4.68. The Kier molecular flexibility index (Phi) is 2.83. The van der Waals surface area contributed by atoms with Crippen molar-refractivity contribution in [3.8, 4) is 0 Å². The van der Waals surface area contributed by atoms with Crippen LogP contribution < -0.4 is 0 Å². The Labute approximate surface area is 77.1 Å². The van der Waals surface area contributed by atoms with Crippen molar-refractivity contribution in [1.82, 2.24) is 0 Å². The van der Waals surface area contributed by atoms with Crippen LogP contribution in [-0.4, -0.2) is 0 Å². The van der Waals surface area contributed by atoms with E-state index in [-0.39, 0.29) is 12.1 Å². The highest BCUT2D eigenvalue weighted by Crippen LogP contribution is 2.31. The van der Waals surface area contributed by atoms with Crippen molar-refractivity contribution in [1.29, 1.82) is 5.53 Å². The zero-order chi connectivity index (χ0) is 10.8. The first-order valence-corrected chi connectivity index (χ1v) is 3.64. The average molecular weight is 206 g/mol. The smallest absolute Gasteiger partial charge is 0.210 e. The number of nitrogens with zero attached hydrogens (tertiary/aromatic N) is 1. The molecule has 0 saturated heterocycles. The molecular weight excluding hydrogens is 200 g/mol. The van der Waals surface area contributed by atoms with Crippen LogP contribution in [0, 0.1) is 11.3 Å². The SMILES string of the molecule is N=NCc1ccc(C(F)(F)F)c(F)c1. The van der Waals surface area contributed by atoms with Crippen molar-refractivity contribution in [2.75, 3.05) is 0 Å². The van der Waals surface area contributed by atoms with Crippen molar-refractivity contribution in [2.45, 2.75) is 12.7 Å². The van der Waals surface area contributed by atoms with Gasteiger partial charge in [-0.2, -0.15) is 18.3 Å². The highest BCUT2D eigenvalue weighted by Gasteiger charge is 2.33. The maximum Gasteiger partial charge on any atom is 0.419 e. The lowest BCUT2D eigenvalue weighted by atomic mass is 10.1. The molecule has 1 aromatic carbocycles. The van der Waals surface area contributed by atoms with E-state index in [1.807, 2.05) is 0 Å². The van der Waals surface area contributed by atoms with Gasteiger partial charge in [0.1, 0.15) is 5.82 Å². The lowest BCUT2D eigenvalue weighted by Gasteiger charge is -2.08. The maximum atomic E-state index is 12.8. The number of halogens is 4. The molecule has 0 aliphatic heterocycles. The summed E-state index contributed by atoms with van der Waals surface area (Å²) in [5.41, 5.74) is 5.41. The van der Waals surface area contributed by atoms with Gasteiger partial charge >= 0.3 is 6.18 Å². The molecular formula is C8H6F4N2. The molecule has 0 aromatic heterocycles. The van der Waals surface area contributed by atoms with Gasteiger partial charge in [0, 0.05) is 0 Å². The predicted octanol–water partition coefficient (Wildman–Crippen LogP) is 3.38. The largest absolute Gasteiger partial charge is 0.419 e. The van der Waals surface area contributed by atoms with Crippen molar-refractivity contribution in [3.63, 3.8) is 0 Å². The quantitative estimate of drug-likeness (QED) is 0.568. The third kappa shape index (κ3) is 2.27. The number of benzene rings is 1. The van der Waals surface area contributed by atoms with Crippen LogP contribution in [0.3, 0.4) is 0 Å². The summed E-state index contributed by atoms with van der Waals surface area (Å²) in [5.74, 6) is -1.33. The molecule has 0 fully saturated rings. The number of alkyl halides is 3. The van der Waals surface area contributed by atoms with Gasteiger partial charge in [-0.05, 0) is 17.7 Å². The molecule has 0 aliphatic carbocycles. The average Bonchev–Trinajstić information content (AvgIpc) is 2.02. The van der Waals surface area contributed by atoms with Crippen LogP contribution in [0.15, 0.2) is 23.3 Å². The van der Waals surface area contributed by atoms with Crippen LogP contribution in [0.2, 0.25) is 0 Å². The maximum absolute atomic E-state index is 12.8. The van der Waals surface area contributed by atoms with Crippen LogP contribution in [0.4, 0.5) is 17.6 Å². The van der Waals surface area contributed by atoms with Crippen LogP contribution in [0.1, 0.15) is 11.1 Å². The fourth-order valence-electron chi connectivity index (χ4n) is 0.978. The molecule has 0 heterocycles. The second-order valence-corrected chi connectivity index (χ2v) is 2.63. The molecule has 2 nitrogen and oxygen atoms in total. The van der Waals surface area contributed by atoms with E-state index in [9.17, 15) is 17.6 Å². The molecule has 0 saturated carbocycles. The number of hydrogen-bond donors (Lipinski definition) is 1. The first kappa shape index (κ1) is 10.6. The minimum atomic E-state index is -4.68. The summed E-state index contributed by atoms with van der Waals surface area (Å²) in [4.78, 5) is 0. The zero-order valence-electron chi connectivity index (χ0n) is 6.90. The lowest BCUT2D eigenvalue weighted by Crippen LogP contribution is -2.08.